The molecule has 3 N–H and O–H groups in total. The van der Waals surface area contributed by atoms with Crippen molar-refractivity contribution in [2.24, 2.45) is 5.73 Å². The van der Waals surface area contributed by atoms with Gasteiger partial charge >= 0.3 is 0 Å². The lowest BCUT2D eigenvalue weighted by molar-refractivity contribution is 0.317. The molecule has 1 rings (SSSR count). The van der Waals surface area contributed by atoms with Crippen LogP contribution in [0.1, 0.15) is 18.9 Å². The maximum absolute atomic E-state index is 11.3. The second kappa shape index (κ2) is 6.77. The molecule has 0 aliphatic heterocycles. The number of nitrogens with two attached hydrogens (primary N) is 1. The number of amidine groups is 1. The molecule has 0 fully saturated rings. The highest BCUT2D eigenvalue weighted by atomic mass is 35.5. The normalized spacial score (nSPS) is 11.3. The Morgan fingerprint density at radius 2 is 2.16 bits per heavy atom. The molecule has 0 heterocycles. The Hall–Kier alpha value is -1.27. The van der Waals surface area contributed by atoms with Gasteiger partial charge in [-0.05, 0) is 24.6 Å². The van der Waals surface area contributed by atoms with Gasteiger partial charge in [0.05, 0.1) is 17.9 Å². The van der Waals surface area contributed by atoms with Crippen LogP contribution in [0.3, 0.4) is 0 Å². The van der Waals surface area contributed by atoms with Crippen molar-refractivity contribution in [3.63, 3.8) is 0 Å². The summed E-state index contributed by atoms with van der Waals surface area (Å²) in [5.74, 6) is 0.490. The van der Waals surface area contributed by atoms with E-state index in [2.05, 4.69) is 0 Å². The molecule has 7 heteroatoms. The Balaban J connectivity index is 2.63. The molecule has 106 valence electrons. The van der Waals surface area contributed by atoms with Gasteiger partial charge in [-0.2, -0.15) is 0 Å². The number of nitrogen functional groups attached to an aromatic ring is 1. The maximum Gasteiger partial charge on any atom is 0.150 e. The number of nitrogens with one attached hydrogen (secondary N) is 1. The molecule has 5 nitrogen and oxygen atoms in total. The molecule has 0 aliphatic carbocycles. The fraction of sp³-hybridized carbons (Fsp3) is 0.417. The Labute approximate surface area is 118 Å². The van der Waals surface area contributed by atoms with E-state index in [-0.39, 0.29) is 23.9 Å². The van der Waals surface area contributed by atoms with Gasteiger partial charge in [-0.25, -0.2) is 8.42 Å². The van der Waals surface area contributed by atoms with Gasteiger partial charge in [0.15, 0.2) is 0 Å². The lowest BCUT2D eigenvalue weighted by Gasteiger charge is -2.11. The maximum atomic E-state index is 11.3. The molecule has 0 aliphatic rings. The summed E-state index contributed by atoms with van der Waals surface area (Å²) in [5, 5.41) is 7.89. The van der Waals surface area contributed by atoms with Gasteiger partial charge in [-0.1, -0.05) is 18.5 Å². The highest BCUT2D eigenvalue weighted by molar-refractivity contribution is 7.91. The number of hydrogen-bond donors (Lipinski definition) is 2. The summed E-state index contributed by atoms with van der Waals surface area (Å²) < 4.78 is 28.1. The molecule has 0 spiro atoms. The number of halogens is 1. The monoisotopic (exact) mass is 304 g/mol. The van der Waals surface area contributed by atoms with E-state index < -0.39 is 9.84 Å². The predicted molar refractivity (Wildman–Crippen MR) is 76.9 cm³/mol. The van der Waals surface area contributed by atoms with E-state index in [0.29, 0.717) is 22.8 Å². The van der Waals surface area contributed by atoms with Crippen molar-refractivity contribution in [2.75, 3.05) is 18.1 Å². The van der Waals surface area contributed by atoms with Crippen molar-refractivity contribution < 1.29 is 13.2 Å². The van der Waals surface area contributed by atoms with Crippen molar-refractivity contribution in [2.45, 2.75) is 13.3 Å². The quantitative estimate of drug-likeness (QED) is 0.456. The Kier molecular flexibility index (Phi) is 5.62. The van der Waals surface area contributed by atoms with E-state index in [4.69, 9.17) is 27.5 Å². The van der Waals surface area contributed by atoms with Crippen molar-refractivity contribution >= 4 is 27.3 Å². The zero-order valence-corrected chi connectivity index (χ0v) is 12.2. The SMILES string of the molecule is CCS(=O)(=O)CCCOc1cc(Cl)ccc1C(=N)N. The standard InChI is InChI=1S/C12H17ClN2O3S/c1-2-19(16,17)7-3-6-18-11-8-9(13)4-5-10(11)12(14)15/h4-5,8H,2-3,6-7H2,1H3,(H3,14,15). The van der Waals surface area contributed by atoms with Crippen LogP contribution in [-0.4, -0.2) is 32.4 Å². The summed E-state index contributed by atoms with van der Waals surface area (Å²) in [6.07, 6.45) is 0.389. The fourth-order valence-electron chi connectivity index (χ4n) is 1.44. The summed E-state index contributed by atoms with van der Waals surface area (Å²) in [5.41, 5.74) is 5.87. The molecule has 0 amide bonds. The minimum atomic E-state index is -2.98. The van der Waals surface area contributed by atoms with Crippen LogP contribution in [-0.2, 0) is 9.84 Å². The van der Waals surface area contributed by atoms with E-state index in [9.17, 15) is 8.42 Å². The van der Waals surface area contributed by atoms with E-state index >= 15 is 0 Å². The van der Waals surface area contributed by atoms with Crippen molar-refractivity contribution in [1.29, 1.82) is 5.41 Å². The third kappa shape index (κ3) is 5.08. The van der Waals surface area contributed by atoms with Crippen LogP contribution in [0.2, 0.25) is 5.02 Å². The summed E-state index contributed by atoms with van der Waals surface area (Å²) in [4.78, 5) is 0. The summed E-state index contributed by atoms with van der Waals surface area (Å²) in [6.45, 7) is 1.85. The lowest BCUT2D eigenvalue weighted by atomic mass is 10.2. The zero-order valence-electron chi connectivity index (χ0n) is 10.6. The van der Waals surface area contributed by atoms with Gasteiger partial charge in [-0.15, -0.1) is 0 Å². The van der Waals surface area contributed by atoms with Crippen LogP contribution < -0.4 is 10.5 Å². The topological polar surface area (TPSA) is 93.2 Å². The van der Waals surface area contributed by atoms with Gasteiger partial charge in [0, 0.05) is 10.8 Å². The van der Waals surface area contributed by atoms with E-state index in [1.54, 1.807) is 25.1 Å². The minimum absolute atomic E-state index is 0.0828. The average Bonchev–Trinajstić information content (AvgIpc) is 2.34. The van der Waals surface area contributed by atoms with Crippen LogP contribution in [0.15, 0.2) is 18.2 Å². The molecule has 0 unspecified atom stereocenters. The summed E-state index contributed by atoms with van der Waals surface area (Å²) in [7, 11) is -2.98. The lowest BCUT2D eigenvalue weighted by Crippen LogP contribution is -2.15. The van der Waals surface area contributed by atoms with Gasteiger partial charge in [0.1, 0.15) is 21.4 Å². The highest BCUT2D eigenvalue weighted by Crippen LogP contribution is 2.23. The second-order valence-corrected chi connectivity index (χ2v) is 6.90. The van der Waals surface area contributed by atoms with Gasteiger partial charge in [0.2, 0.25) is 0 Å². The molecule has 19 heavy (non-hydrogen) atoms. The highest BCUT2D eigenvalue weighted by Gasteiger charge is 2.10. The minimum Gasteiger partial charge on any atom is -0.493 e. The van der Waals surface area contributed by atoms with Crippen LogP contribution in [0.25, 0.3) is 0 Å². The van der Waals surface area contributed by atoms with Crippen molar-refractivity contribution in [1.82, 2.24) is 0 Å². The smallest absolute Gasteiger partial charge is 0.150 e. The molecule has 1 aromatic rings. The van der Waals surface area contributed by atoms with Crippen molar-refractivity contribution in [3.05, 3.63) is 28.8 Å². The van der Waals surface area contributed by atoms with Crippen LogP contribution in [0.4, 0.5) is 0 Å². The molecular formula is C12H17ClN2O3S. The van der Waals surface area contributed by atoms with Gasteiger partial charge in [-0.3, -0.25) is 5.41 Å². The molecule has 0 aromatic heterocycles. The van der Waals surface area contributed by atoms with Gasteiger partial charge in [0.25, 0.3) is 0 Å². The molecule has 0 atom stereocenters. The first-order valence-electron chi connectivity index (χ1n) is 5.83. The van der Waals surface area contributed by atoms with Gasteiger partial charge < -0.3 is 10.5 Å². The molecule has 0 radical (unpaired) electrons. The summed E-state index contributed by atoms with van der Waals surface area (Å²) in [6, 6.07) is 4.78. The number of ether oxygens (including phenoxy) is 1. The van der Waals surface area contributed by atoms with E-state index in [1.165, 1.54) is 0 Å². The average molecular weight is 305 g/mol. The van der Waals surface area contributed by atoms with E-state index in [0.717, 1.165) is 0 Å². The number of rotatable bonds is 7. The Morgan fingerprint density at radius 3 is 2.74 bits per heavy atom. The first kappa shape index (κ1) is 15.8. The summed E-state index contributed by atoms with van der Waals surface area (Å²) >= 11 is 5.84. The number of benzene rings is 1. The molecule has 0 saturated heterocycles. The Bertz CT molecular complexity index is 558. The van der Waals surface area contributed by atoms with Crippen LogP contribution in [0.5, 0.6) is 5.75 Å². The third-order valence-corrected chi connectivity index (χ3v) is 4.56. The molecule has 1 aromatic carbocycles. The second-order valence-electron chi connectivity index (χ2n) is 3.99. The largest absolute Gasteiger partial charge is 0.493 e. The van der Waals surface area contributed by atoms with Crippen LogP contribution in [0, 0.1) is 5.41 Å². The number of sulfone groups is 1. The Morgan fingerprint density at radius 1 is 1.47 bits per heavy atom. The van der Waals surface area contributed by atoms with Crippen molar-refractivity contribution in [3.8, 4) is 5.75 Å². The molecular weight excluding hydrogens is 288 g/mol. The number of hydrogen-bond acceptors (Lipinski definition) is 4. The van der Waals surface area contributed by atoms with Crippen LogP contribution >= 0.6 is 11.6 Å². The first-order chi connectivity index (χ1) is 8.85. The van der Waals surface area contributed by atoms with E-state index in [1.807, 2.05) is 0 Å². The molecule has 0 bridgehead atoms. The molecule has 0 saturated carbocycles. The first-order valence-corrected chi connectivity index (χ1v) is 8.03. The zero-order chi connectivity index (χ0) is 14.5. The third-order valence-electron chi connectivity index (χ3n) is 2.53. The predicted octanol–water partition coefficient (Wildman–Crippen LogP) is 1.83. The fourth-order valence-corrected chi connectivity index (χ4v) is 2.45.